The van der Waals surface area contributed by atoms with Gasteiger partial charge in [0.2, 0.25) is 0 Å². The van der Waals surface area contributed by atoms with E-state index in [4.69, 9.17) is 4.99 Å². The average Bonchev–Trinajstić information content (AvgIpc) is 2.55. The second-order valence-electron chi connectivity index (χ2n) is 7.61. The van der Waals surface area contributed by atoms with E-state index in [1.54, 1.807) is 0 Å². The van der Waals surface area contributed by atoms with Gasteiger partial charge in [0, 0.05) is 6.04 Å². The lowest BCUT2D eigenvalue weighted by atomic mass is 9.67. The molecule has 0 spiro atoms. The van der Waals surface area contributed by atoms with Gasteiger partial charge in [-0.15, -0.1) is 0 Å². The van der Waals surface area contributed by atoms with Gasteiger partial charge < -0.3 is 0 Å². The van der Waals surface area contributed by atoms with E-state index in [1.165, 1.54) is 89.9 Å². The smallest absolute Gasteiger partial charge is 0.0498 e. The largest absolute Gasteiger partial charge is 0.294 e. The molecule has 0 saturated heterocycles. The van der Waals surface area contributed by atoms with Crippen molar-refractivity contribution in [2.75, 3.05) is 0 Å². The summed E-state index contributed by atoms with van der Waals surface area (Å²) in [7, 11) is 0. The minimum absolute atomic E-state index is 0.678. The molecule has 1 atom stereocenters. The van der Waals surface area contributed by atoms with Crippen LogP contribution in [0.15, 0.2) is 4.99 Å². The lowest BCUT2D eigenvalue weighted by Gasteiger charge is -2.39. The van der Waals surface area contributed by atoms with Crippen LogP contribution in [-0.4, -0.2) is 12.3 Å². The zero-order valence-electron chi connectivity index (χ0n) is 13.2. The van der Waals surface area contributed by atoms with E-state index in [0.29, 0.717) is 6.04 Å². The predicted octanol–water partition coefficient (Wildman–Crippen LogP) is 5.78. The molecule has 20 heavy (non-hydrogen) atoms. The number of rotatable bonds is 4. The van der Waals surface area contributed by atoms with Crippen LogP contribution in [0.1, 0.15) is 89.9 Å². The Morgan fingerprint density at radius 2 is 1.35 bits per heavy atom. The van der Waals surface area contributed by atoms with Gasteiger partial charge in [-0.2, -0.15) is 0 Å². The first-order chi connectivity index (χ1) is 9.93. The molecule has 1 heterocycles. The molecule has 0 aromatic heterocycles. The topological polar surface area (TPSA) is 12.4 Å². The van der Waals surface area contributed by atoms with E-state index in [2.05, 4.69) is 6.21 Å². The third-order valence-electron chi connectivity index (χ3n) is 6.24. The highest BCUT2D eigenvalue weighted by molar-refractivity contribution is 5.58. The Morgan fingerprint density at radius 1 is 0.750 bits per heavy atom. The van der Waals surface area contributed by atoms with Gasteiger partial charge in [-0.3, -0.25) is 4.99 Å². The van der Waals surface area contributed by atoms with Crippen LogP contribution in [0, 0.1) is 17.8 Å². The van der Waals surface area contributed by atoms with Crippen LogP contribution in [0.5, 0.6) is 0 Å². The van der Waals surface area contributed by atoms with Crippen molar-refractivity contribution in [3.05, 3.63) is 0 Å². The molecule has 0 radical (unpaired) electrons. The maximum Gasteiger partial charge on any atom is 0.0498 e. The van der Waals surface area contributed by atoms with E-state index in [1.807, 2.05) is 0 Å². The molecule has 0 amide bonds. The molecule has 2 saturated carbocycles. The van der Waals surface area contributed by atoms with Crippen molar-refractivity contribution in [3.8, 4) is 0 Å². The highest BCUT2D eigenvalue weighted by Gasteiger charge is 2.33. The maximum atomic E-state index is 4.83. The van der Waals surface area contributed by atoms with Crippen LogP contribution in [0.4, 0.5) is 0 Å². The fraction of sp³-hybridized carbons (Fsp3) is 0.947. The molecule has 2 aliphatic carbocycles. The fourth-order valence-corrected chi connectivity index (χ4v) is 5.13. The van der Waals surface area contributed by atoms with Crippen molar-refractivity contribution in [2.45, 2.75) is 95.9 Å². The van der Waals surface area contributed by atoms with Gasteiger partial charge in [-0.1, -0.05) is 64.2 Å². The summed E-state index contributed by atoms with van der Waals surface area (Å²) in [4.78, 5) is 4.83. The van der Waals surface area contributed by atoms with E-state index >= 15 is 0 Å². The quantitative estimate of drug-likeness (QED) is 0.617. The molecule has 2 fully saturated rings. The Morgan fingerprint density at radius 3 is 1.85 bits per heavy atom. The van der Waals surface area contributed by atoms with Gasteiger partial charge in [0.25, 0.3) is 0 Å². The van der Waals surface area contributed by atoms with E-state index in [-0.39, 0.29) is 0 Å². The summed E-state index contributed by atoms with van der Waals surface area (Å²) in [6.07, 6.45) is 22.7. The van der Waals surface area contributed by atoms with Crippen molar-refractivity contribution in [1.29, 1.82) is 0 Å². The monoisotopic (exact) mass is 275 g/mol. The van der Waals surface area contributed by atoms with Gasteiger partial charge in [0.05, 0.1) is 0 Å². The first-order valence-electron chi connectivity index (χ1n) is 9.45. The number of aliphatic imine (C=N–C) groups is 1. The molecule has 0 bridgehead atoms. The van der Waals surface area contributed by atoms with Crippen molar-refractivity contribution < 1.29 is 0 Å². The summed E-state index contributed by atoms with van der Waals surface area (Å²) in [6, 6.07) is 0.678. The van der Waals surface area contributed by atoms with E-state index < -0.39 is 0 Å². The molecule has 0 unspecified atom stereocenters. The molecule has 0 N–H and O–H groups in total. The van der Waals surface area contributed by atoms with Gasteiger partial charge in [-0.25, -0.2) is 0 Å². The minimum Gasteiger partial charge on any atom is -0.294 e. The van der Waals surface area contributed by atoms with Gasteiger partial charge in [0.1, 0.15) is 0 Å². The summed E-state index contributed by atoms with van der Waals surface area (Å²) in [5.41, 5.74) is 0. The molecule has 1 aliphatic heterocycles. The molecule has 0 aromatic carbocycles. The molecular weight excluding hydrogens is 242 g/mol. The van der Waals surface area contributed by atoms with Gasteiger partial charge in [-0.05, 0) is 49.7 Å². The SMILES string of the molecule is C1=N[C@H](CC(C2CCCCC2)C2CCCCC2)CCC1. The predicted molar refractivity (Wildman–Crippen MR) is 87.4 cm³/mol. The third kappa shape index (κ3) is 3.86. The molecule has 3 rings (SSSR count). The van der Waals surface area contributed by atoms with Crippen molar-refractivity contribution in [1.82, 2.24) is 0 Å². The third-order valence-corrected chi connectivity index (χ3v) is 6.24. The van der Waals surface area contributed by atoms with E-state index in [0.717, 1.165) is 17.8 Å². The van der Waals surface area contributed by atoms with Crippen LogP contribution < -0.4 is 0 Å². The van der Waals surface area contributed by atoms with Crippen molar-refractivity contribution in [2.24, 2.45) is 22.7 Å². The molecular formula is C19H33N. The molecule has 1 nitrogen and oxygen atoms in total. The average molecular weight is 275 g/mol. The summed E-state index contributed by atoms with van der Waals surface area (Å²) in [5.74, 6) is 3.10. The standard InChI is InChI=1S/C19H33N/c1-3-9-16(10-4-1)19(17-11-5-2-6-12-17)15-18-13-7-8-14-20-18/h14,16-19H,1-13,15H2/t18-/m0/s1. The Kier molecular flexibility index (Phi) is 5.56. The van der Waals surface area contributed by atoms with Crippen molar-refractivity contribution in [3.63, 3.8) is 0 Å². The first-order valence-corrected chi connectivity index (χ1v) is 9.45. The van der Waals surface area contributed by atoms with Crippen LogP contribution in [0.25, 0.3) is 0 Å². The van der Waals surface area contributed by atoms with Crippen molar-refractivity contribution >= 4 is 6.21 Å². The maximum absolute atomic E-state index is 4.83. The van der Waals surface area contributed by atoms with Crippen LogP contribution >= 0.6 is 0 Å². The Balaban J connectivity index is 1.64. The molecule has 3 aliphatic rings. The number of hydrogen-bond acceptors (Lipinski definition) is 1. The highest BCUT2D eigenvalue weighted by atomic mass is 14.8. The normalized spacial score (nSPS) is 29.9. The Bertz CT molecular complexity index is 279. The fourth-order valence-electron chi connectivity index (χ4n) is 5.13. The highest BCUT2D eigenvalue weighted by Crippen LogP contribution is 2.43. The van der Waals surface area contributed by atoms with Gasteiger partial charge in [0.15, 0.2) is 0 Å². The first kappa shape index (κ1) is 14.6. The zero-order chi connectivity index (χ0) is 13.6. The molecule has 0 aromatic rings. The van der Waals surface area contributed by atoms with Crippen LogP contribution in [0.3, 0.4) is 0 Å². The Hall–Kier alpha value is -0.330. The number of nitrogens with zero attached hydrogens (tertiary/aromatic N) is 1. The summed E-state index contributed by atoms with van der Waals surface area (Å²) >= 11 is 0. The molecule has 1 heteroatoms. The lowest BCUT2D eigenvalue weighted by Crippen LogP contribution is -2.30. The lowest BCUT2D eigenvalue weighted by molar-refractivity contribution is 0.126. The van der Waals surface area contributed by atoms with E-state index in [9.17, 15) is 0 Å². The molecule has 114 valence electrons. The number of hydrogen-bond donors (Lipinski definition) is 0. The second-order valence-corrected chi connectivity index (χ2v) is 7.61. The summed E-state index contributed by atoms with van der Waals surface area (Å²) < 4.78 is 0. The van der Waals surface area contributed by atoms with Crippen LogP contribution in [0.2, 0.25) is 0 Å². The second kappa shape index (κ2) is 7.61. The van der Waals surface area contributed by atoms with Crippen LogP contribution in [-0.2, 0) is 0 Å². The van der Waals surface area contributed by atoms with Gasteiger partial charge >= 0.3 is 0 Å². The summed E-state index contributed by atoms with van der Waals surface area (Å²) in [6.45, 7) is 0. The Labute approximate surface area is 125 Å². The summed E-state index contributed by atoms with van der Waals surface area (Å²) in [5, 5.41) is 0. The zero-order valence-corrected chi connectivity index (χ0v) is 13.2. The minimum atomic E-state index is 0.678.